The lowest BCUT2D eigenvalue weighted by Crippen LogP contribution is -2.49. The molecule has 0 unspecified atom stereocenters. The third kappa shape index (κ3) is 2.12. The van der Waals surface area contributed by atoms with Gasteiger partial charge in [-0.2, -0.15) is 5.01 Å². The van der Waals surface area contributed by atoms with E-state index in [1.165, 1.54) is 13.8 Å². The van der Waals surface area contributed by atoms with Crippen LogP contribution in [0, 0.1) is 6.92 Å². The van der Waals surface area contributed by atoms with Gasteiger partial charge in [-0.25, -0.2) is 4.68 Å². The van der Waals surface area contributed by atoms with Gasteiger partial charge in [-0.05, 0) is 25.1 Å². The molecule has 2 aromatic heterocycles. The molecule has 2 aromatic rings. The van der Waals surface area contributed by atoms with E-state index in [2.05, 4.69) is 4.98 Å². The Balaban J connectivity index is 2.84. The highest BCUT2D eigenvalue weighted by Crippen LogP contribution is 2.09. The standard InChI is InChI=1S/C13H13N3O3/c1-8-7-12-11(5-4-6-14-12)13(19)15(8)16(9(2)17)10(3)18/h4-7H,1-3H3. The molecule has 0 aliphatic heterocycles. The first kappa shape index (κ1) is 12.9. The van der Waals surface area contributed by atoms with Crippen LogP contribution in [0.4, 0.5) is 0 Å². The average molecular weight is 259 g/mol. The monoisotopic (exact) mass is 259 g/mol. The van der Waals surface area contributed by atoms with E-state index in [0.29, 0.717) is 16.6 Å². The summed E-state index contributed by atoms with van der Waals surface area (Å²) in [6, 6.07) is 4.91. The number of fused-ring (bicyclic) bond motifs is 1. The second kappa shape index (κ2) is 4.64. The summed E-state index contributed by atoms with van der Waals surface area (Å²) in [5, 5.41) is 1.19. The minimum Gasteiger partial charge on any atom is -0.273 e. The molecule has 0 saturated heterocycles. The Morgan fingerprint density at radius 3 is 2.47 bits per heavy atom. The fraction of sp³-hybridized carbons (Fsp3) is 0.231. The highest BCUT2D eigenvalue weighted by atomic mass is 16.2. The van der Waals surface area contributed by atoms with Crippen molar-refractivity contribution < 1.29 is 9.59 Å². The lowest BCUT2D eigenvalue weighted by molar-refractivity contribution is -0.126. The maximum atomic E-state index is 12.4. The van der Waals surface area contributed by atoms with E-state index < -0.39 is 17.4 Å². The SMILES string of the molecule is CC(=O)N(C(C)=O)n1c(C)cc2ncccc2c1=O. The van der Waals surface area contributed by atoms with E-state index in [0.717, 1.165) is 9.69 Å². The molecule has 0 spiro atoms. The van der Waals surface area contributed by atoms with Crippen LogP contribution >= 0.6 is 0 Å². The summed E-state index contributed by atoms with van der Waals surface area (Å²) >= 11 is 0. The first-order valence-electron chi connectivity index (χ1n) is 5.72. The third-order valence-corrected chi connectivity index (χ3v) is 2.74. The van der Waals surface area contributed by atoms with E-state index >= 15 is 0 Å². The quantitative estimate of drug-likeness (QED) is 0.757. The van der Waals surface area contributed by atoms with Gasteiger partial charge in [0.05, 0.1) is 10.9 Å². The number of nitrogens with zero attached hydrogens (tertiary/aromatic N) is 3. The second-order valence-electron chi connectivity index (χ2n) is 4.19. The average Bonchev–Trinajstić information content (AvgIpc) is 2.33. The Morgan fingerprint density at radius 1 is 1.26 bits per heavy atom. The van der Waals surface area contributed by atoms with Crippen molar-refractivity contribution in [2.24, 2.45) is 0 Å². The molecule has 6 nitrogen and oxygen atoms in total. The van der Waals surface area contributed by atoms with Gasteiger partial charge in [-0.15, -0.1) is 0 Å². The number of aromatic nitrogens is 2. The first-order chi connectivity index (χ1) is 8.93. The molecular weight excluding hydrogens is 246 g/mol. The topological polar surface area (TPSA) is 72.3 Å². The maximum Gasteiger partial charge on any atom is 0.279 e. The molecule has 0 saturated carbocycles. The smallest absolute Gasteiger partial charge is 0.273 e. The van der Waals surface area contributed by atoms with Crippen LogP contribution in [-0.2, 0) is 9.59 Å². The molecule has 2 amide bonds. The number of carbonyl (C=O) groups is 2. The van der Waals surface area contributed by atoms with E-state index in [9.17, 15) is 14.4 Å². The number of carbonyl (C=O) groups excluding carboxylic acids is 2. The molecular formula is C13H13N3O3. The Kier molecular flexibility index (Phi) is 3.16. The van der Waals surface area contributed by atoms with Gasteiger partial charge < -0.3 is 0 Å². The van der Waals surface area contributed by atoms with Gasteiger partial charge in [0.2, 0.25) is 11.8 Å². The minimum absolute atomic E-state index is 0.362. The third-order valence-electron chi connectivity index (χ3n) is 2.74. The van der Waals surface area contributed by atoms with Gasteiger partial charge in [0, 0.05) is 25.7 Å². The van der Waals surface area contributed by atoms with E-state index in [1.54, 1.807) is 31.3 Å². The molecule has 0 N–H and O–H groups in total. The normalized spacial score (nSPS) is 10.5. The summed E-state index contributed by atoms with van der Waals surface area (Å²) in [7, 11) is 0. The predicted octanol–water partition coefficient (Wildman–Crippen LogP) is 0.736. The lowest BCUT2D eigenvalue weighted by atomic mass is 10.2. The molecule has 98 valence electrons. The number of amides is 2. The molecule has 0 atom stereocenters. The van der Waals surface area contributed by atoms with Crippen LogP contribution in [0.5, 0.6) is 0 Å². The Morgan fingerprint density at radius 2 is 1.89 bits per heavy atom. The van der Waals surface area contributed by atoms with Gasteiger partial charge in [0.25, 0.3) is 5.56 Å². The summed E-state index contributed by atoms with van der Waals surface area (Å²) in [6.45, 7) is 4.12. The lowest BCUT2D eigenvalue weighted by Gasteiger charge is -2.22. The van der Waals surface area contributed by atoms with Crippen LogP contribution in [0.1, 0.15) is 19.5 Å². The second-order valence-corrected chi connectivity index (χ2v) is 4.19. The van der Waals surface area contributed by atoms with Gasteiger partial charge >= 0.3 is 0 Å². The van der Waals surface area contributed by atoms with Gasteiger partial charge in [-0.1, -0.05) is 0 Å². The summed E-state index contributed by atoms with van der Waals surface area (Å²) in [5.41, 5.74) is 0.573. The number of aryl methyl sites for hydroxylation is 1. The molecule has 19 heavy (non-hydrogen) atoms. The van der Waals surface area contributed by atoms with E-state index in [-0.39, 0.29) is 0 Å². The van der Waals surface area contributed by atoms with Crippen molar-refractivity contribution in [1.29, 1.82) is 0 Å². The van der Waals surface area contributed by atoms with Crippen LogP contribution in [0.3, 0.4) is 0 Å². The predicted molar refractivity (Wildman–Crippen MR) is 70.3 cm³/mol. The molecule has 2 rings (SSSR count). The summed E-state index contributed by atoms with van der Waals surface area (Å²) < 4.78 is 1.08. The summed E-state index contributed by atoms with van der Waals surface area (Å²) in [6.07, 6.45) is 1.58. The Hall–Kier alpha value is -2.50. The molecule has 2 heterocycles. The van der Waals surface area contributed by atoms with E-state index in [4.69, 9.17) is 0 Å². The van der Waals surface area contributed by atoms with Gasteiger partial charge in [0.1, 0.15) is 0 Å². The molecule has 0 aromatic carbocycles. The molecule has 0 bridgehead atoms. The van der Waals surface area contributed by atoms with Crippen molar-refractivity contribution in [1.82, 2.24) is 9.66 Å². The zero-order valence-electron chi connectivity index (χ0n) is 10.9. The van der Waals surface area contributed by atoms with Crippen LogP contribution < -0.4 is 10.6 Å². The van der Waals surface area contributed by atoms with Crippen LogP contribution in [-0.4, -0.2) is 21.5 Å². The Bertz CT molecular complexity index is 719. The number of hydrogen-bond donors (Lipinski definition) is 0. The summed E-state index contributed by atoms with van der Waals surface area (Å²) in [4.78, 5) is 39.6. The number of rotatable bonds is 1. The van der Waals surface area contributed by atoms with Gasteiger partial charge in [0.15, 0.2) is 0 Å². The largest absolute Gasteiger partial charge is 0.279 e. The highest BCUT2D eigenvalue weighted by Gasteiger charge is 2.20. The van der Waals surface area contributed by atoms with Crippen LogP contribution in [0.15, 0.2) is 29.2 Å². The van der Waals surface area contributed by atoms with Crippen molar-refractivity contribution in [2.75, 3.05) is 5.01 Å². The molecule has 0 aliphatic carbocycles. The molecule has 6 heteroatoms. The van der Waals surface area contributed by atoms with Crippen LogP contribution in [0.2, 0.25) is 0 Å². The molecule has 0 fully saturated rings. The van der Waals surface area contributed by atoms with Crippen molar-refractivity contribution in [3.05, 3.63) is 40.4 Å². The first-order valence-corrected chi connectivity index (χ1v) is 5.72. The van der Waals surface area contributed by atoms with Crippen molar-refractivity contribution in [2.45, 2.75) is 20.8 Å². The van der Waals surface area contributed by atoms with Gasteiger partial charge in [-0.3, -0.25) is 19.4 Å². The number of imide groups is 1. The van der Waals surface area contributed by atoms with Crippen LogP contribution in [0.25, 0.3) is 10.9 Å². The van der Waals surface area contributed by atoms with Crippen molar-refractivity contribution in [3.63, 3.8) is 0 Å². The zero-order chi connectivity index (χ0) is 14.2. The molecule has 0 radical (unpaired) electrons. The maximum absolute atomic E-state index is 12.4. The summed E-state index contributed by atoms with van der Waals surface area (Å²) in [5.74, 6) is -1.03. The fourth-order valence-corrected chi connectivity index (χ4v) is 2.00. The number of hydrogen-bond acceptors (Lipinski definition) is 4. The van der Waals surface area contributed by atoms with E-state index in [1.807, 2.05) is 0 Å². The fourth-order valence-electron chi connectivity index (χ4n) is 2.00. The zero-order valence-corrected chi connectivity index (χ0v) is 10.9. The number of pyridine rings is 2. The Labute approximate surface area is 109 Å². The van der Waals surface area contributed by atoms with Crippen molar-refractivity contribution >= 4 is 22.7 Å². The molecule has 0 aliphatic rings. The van der Waals surface area contributed by atoms with Crippen molar-refractivity contribution in [3.8, 4) is 0 Å². The highest BCUT2D eigenvalue weighted by molar-refractivity contribution is 6.06. The minimum atomic E-state index is -0.513.